The summed E-state index contributed by atoms with van der Waals surface area (Å²) in [6.07, 6.45) is 0. The molecule has 0 fully saturated rings. The molecule has 20 heavy (non-hydrogen) atoms. The quantitative estimate of drug-likeness (QED) is 0.928. The minimum atomic E-state index is 0.495. The van der Waals surface area contributed by atoms with Gasteiger partial charge in [-0.3, -0.25) is 0 Å². The molecule has 0 atom stereocenters. The summed E-state index contributed by atoms with van der Waals surface area (Å²) in [6, 6.07) is 8.61. The van der Waals surface area contributed by atoms with Gasteiger partial charge in [-0.05, 0) is 43.0 Å². The molecule has 1 aromatic carbocycles. The maximum Gasteiger partial charge on any atom is 0.128 e. The molecule has 2 N–H and O–H groups in total. The lowest BCUT2D eigenvalue weighted by Crippen LogP contribution is -2.06. The molecule has 0 spiro atoms. The van der Waals surface area contributed by atoms with Crippen molar-refractivity contribution in [1.29, 1.82) is 0 Å². The van der Waals surface area contributed by atoms with Crippen molar-refractivity contribution in [3.05, 3.63) is 46.6 Å². The highest BCUT2D eigenvalue weighted by molar-refractivity contribution is 7.99. The SMILES string of the molecule is Cc1nnc(Sc2ccc(C(C)C)cc2)c(CN)c1C. The van der Waals surface area contributed by atoms with Crippen LogP contribution in [0.15, 0.2) is 34.2 Å². The van der Waals surface area contributed by atoms with E-state index in [1.165, 1.54) is 10.5 Å². The molecule has 0 aliphatic rings. The molecule has 0 aliphatic heterocycles. The van der Waals surface area contributed by atoms with Crippen molar-refractivity contribution in [1.82, 2.24) is 10.2 Å². The second-order valence-electron chi connectivity index (χ2n) is 5.22. The molecule has 1 heterocycles. The predicted molar refractivity (Wildman–Crippen MR) is 84.1 cm³/mol. The van der Waals surface area contributed by atoms with E-state index in [1.54, 1.807) is 11.8 Å². The Labute approximate surface area is 125 Å². The molecular weight excluding hydrogens is 266 g/mol. The molecule has 0 saturated heterocycles. The number of rotatable bonds is 4. The fourth-order valence-electron chi connectivity index (χ4n) is 1.99. The highest BCUT2D eigenvalue weighted by Gasteiger charge is 2.11. The minimum Gasteiger partial charge on any atom is -0.326 e. The van der Waals surface area contributed by atoms with E-state index in [1.807, 2.05) is 6.92 Å². The first-order valence-electron chi connectivity index (χ1n) is 6.83. The Balaban J connectivity index is 2.28. The Hall–Kier alpha value is -1.39. The van der Waals surface area contributed by atoms with Crippen LogP contribution in [0.2, 0.25) is 0 Å². The van der Waals surface area contributed by atoms with Gasteiger partial charge >= 0.3 is 0 Å². The Morgan fingerprint density at radius 1 is 1.10 bits per heavy atom. The number of benzene rings is 1. The van der Waals surface area contributed by atoms with Crippen molar-refractivity contribution >= 4 is 11.8 Å². The topological polar surface area (TPSA) is 51.8 Å². The van der Waals surface area contributed by atoms with Crippen LogP contribution in [0.25, 0.3) is 0 Å². The second-order valence-corrected chi connectivity index (χ2v) is 6.29. The summed E-state index contributed by atoms with van der Waals surface area (Å²) in [5, 5.41) is 9.41. The summed E-state index contributed by atoms with van der Waals surface area (Å²) < 4.78 is 0. The van der Waals surface area contributed by atoms with Crippen molar-refractivity contribution < 1.29 is 0 Å². The molecule has 0 aliphatic carbocycles. The van der Waals surface area contributed by atoms with Crippen LogP contribution in [0.5, 0.6) is 0 Å². The molecule has 1 aromatic heterocycles. The van der Waals surface area contributed by atoms with Crippen LogP contribution in [-0.4, -0.2) is 10.2 Å². The van der Waals surface area contributed by atoms with Crippen molar-refractivity contribution in [3.63, 3.8) is 0 Å². The summed E-state index contributed by atoms with van der Waals surface area (Å²) >= 11 is 1.63. The number of nitrogens with two attached hydrogens (primary N) is 1. The van der Waals surface area contributed by atoms with Crippen LogP contribution < -0.4 is 5.73 Å². The van der Waals surface area contributed by atoms with Crippen LogP contribution >= 0.6 is 11.8 Å². The predicted octanol–water partition coefficient (Wildman–Crippen LogP) is 3.83. The van der Waals surface area contributed by atoms with Gasteiger partial charge in [-0.2, -0.15) is 5.10 Å². The summed E-state index contributed by atoms with van der Waals surface area (Å²) in [4.78, 5) is 1.17. The number of aromatic nitrogens is 2. The monoisotopic (exact) mass is 287 g/mol. The molecule has 0 radical (unpaired) electrons. The molecule has 0 unspecified atom stereocenters. The van der Waals surface area contributed by atoms with Gasteiger partial charge in [0.15, 0.2) is 0 Å². The van der Waals surface area contributed by atoms with Crippen LogP contribution in [0.4, 0.5) is 0 Å². The van der Waals surface area contributed by atoms with E-state index in [0.29, 0.717) is 12.5 Å². The largest absolute Gasteiger partial charge is 0.326 e. The Bertz CT molecular complexity index is 591. The van der Waals surface area contributed by atoms with E-state index < -0.39 is 0 Å². The van der Waals surface area contributed by atoms with Gasteiger partial charge in [-0.25, -0.2) is 0 Å². The van der Waals surface area contributed by atoms with Crippen molar-refractivity contribution in [2.75, 3.05) is 0 Å². The lowest BCUT2D eigenvalue weighted by molar-refractivity contribution is 0.824. The van der Waals surface area contributed by atoms with Gasteiger partial charge in [0.05, 0.1) is 5.69 Å². The maximum absolute atomic E-state index is 5.86. The normalized spacial score (nSPS) is 11.1. The van der Waals surface area contributed by atoms with Gasteiger partial charge < -0.3 is 5.73 Å². The molecule has 3 nitrogen and oxygen atoms in total. The van der Waals surface area contributed by atoms with Gasteiger partial charge in [0.25, 0.3) is 0 Å². The van der Waals surface area contributed by atoms with Gasteiger partial charge in [0.2, 0.25) is 0 Å². The van der Waals surface area contributed by atoms with Crippen molar-refractivity contribution in [3.8, 4) is 0 Å². The van der Waals surface area contributed by atoms with E-state index in [9.17, 15) is 0 Å². The number of aryl methyl sites for hydroxylation is 1. The average Bonchev–Trinajstić information content (AvgIpc) is 2.44. The van der Waals surface area contributed by atoms with Gasteiger partial charge in [-0.15, -0.1) is 5.10 Å². The minimum absolute atomic E-state index is 0.495. The zero-order valence-corrected chi connectivity index (χ0v) is 13.3. The Kier molecular flexibility index (Phi) is 4.78. The Morgan fingerprint density at radius 2 is 1.75 bits per heavy atom. The third kappa shape index (κ3) is 3.19. The summed E-state index contributed by atoms with van der Waals surface area (Å²) in [5.41, 5.74) is 10.4. The fourth-order valence-corrected chi connectivity index (χ4v) is 2.93. The smallest absolute Gasteiger partial charge is 0.128 e. The molecule has 2 rings (SSSR count). The number of hydrogen-bond donors (Lipinski definition) is 1. The number of hydrogen-bond acceptors (Lipinski definition) is 4. The van der Waals surface area contributed by atoms with E-state index in [4.69, 9.17) is 5.73 Å². The van der Waals surface area contributed by atoms with Gasteiger partial charge in [0.1, 0.15) is 5.03 Å². The highest BCUT2D eigenvalue weighted by Crippen LogP contribution is 2.31. The highest BCUT2D eigenvalue weighted by atomic mass is 32.2. The van der Waals surface area contributed by atoms with Gasteiger partial charge in [-0.1, -0.05) is 37.7 Å². The van der Waals surface area contributed by atoms with Crippen LogP contribution in [-0.2, 0) is 6.54 Å². The summed E-state index contributed by atoms with van der Waals surface area (Å²) in [6.45, 7) is 8.91. The first-order chi connectivity index (χ1) is 9.52. The molecule has 0 amide bonds. The zero-order chi connectivity index (χ0) is 14.7. The van der Waals surface area contributed by atoms with E-state index in [0.717, 1.165) is 21.8 Å². The summed E-state index contributed by atoms with van der Waals surface area (Å²) in [7, 11) is 0. The first-order valence-corrected chi connectivity index (χ1v) is 7.65. The average molecular weight is 287 g/mol. The molecule has 4 heteroatoms. The van der Waals surface area contributed by atoms with E-state index in [-0.39, 0.29) is 0 Å². The van der Waals surface area contributed by atoms with E-state index >= 15 is 0 Å². The standard InChI is InChI=1S/C16H21N3S/c1-10(2)13-5-7-14(8-6-13)20-16-15(9-17)11(3)12(4)18-19-16/h5-8,10H,9,17H2,1-4H3. The van der Waals surface area contributed by atoms with Crippen molar-refractivity contribution in [2.45, 2.75) is 50.1 Å². The Morgan fingerprint density at radius 3 is 2.30 bits per heavy atom. The zero-order valence-electron chi connectivity index (χ0n) is 12.5. The molecule has 2 aromatic rings. The van der Waals surface area contributed by atoms with Crippen LogP contribution in [0.1, 0.15) is 42.1 Å². The maximum atomic E-state index is 5.86. The lowest BCUT2D eigenvalue weighted by Gasteiger charge is -2.11. The first kappa shape index (κ1) is 15.0. The molecule has 0 bridgehead atoms. The third-order valence-electron chi connectivity index (χ3n) is 3.51. The third-order valence-corrected chi connectivity index (χ3v) is 4.54. The van der Waals surface area contributed by atoms with Crippen molar-refractivity contribution in [2.24, 2.45) is 5.73 Å². The number of nitrogens with zero attached hydrogens (tertiary/aromatic N) is 2. The second kappa shape index (κ2) is 6.37. The molecule has 0 saturated carbocycles. The molecular formula is C16H21N3S. The lowest BCUT2D eigenvalue weighted by atomic mass is 10.0. The fraction of sp³-hybridized carbons (Fsp3) is 0.375. The van der Waals surface area contributed by atoms with Gasteiger partial charge in [0, 0.05) is 17.0 Å². The van der Waals surface area contributed by atoms with Crippen LogP contribution in [0.3, 0.4) is 0 Å². The van der Waals surface area contributed by atoms with E-state index in [2.05, 4.69) is 55.2 Å². The summed E-state index contributed by atoms with van der Waals surface area (Å²) in [5.74, 6) is 0.551. The molecule has 106 valence electrons. The van der Waals surface area contributed by atoms with Crippen LogP contribution in [0, 0.1) is 13.8 Å².